The number of nitrogens with zero attached hydrogens (tertiary/aromatic N) is 1. The summed E-state index contributed by atoms with van der Waals surface area (Å²) in [6, 6.07) is 12.1. The van der Waals surface area contributed by atoms with Gasteiger partial charge in [0.15, 0.2) is 11.5 Å². The van der Waals surface area contributed by atoms with E-state index in [1.807, 2.05) is 38.1 Å². The molecule has 2 aromatic carbocycles. The second-order valence-corrected chi connectivity index (χ2v) is 7.31. The molecule has 0 saturated carbocycles. The fourth-order valence-corrected chi connectivity index (χ4v) is 3.80. The molecule has 0 radical (unpaired) electrons. The molecule has 6 nitrogen and oxygen atoms in total. The number of rotatable bonds is 10. The summed E-state index contributed by atoms with van der Waals surface area (Å²) in [6.45, 7) is 7.73. The maximum atomic E-state index is 12.4. The van der Waals surface area contributed by atoms with E-state index < -0.39 is 0 Å². The van der Waals surface area contributed by atoms with Gasteiger partial charge in [-0.05, 0) is 61.6 Å². The zero-order chi connectivity index (χ0) is 21.3. The Morgan fingerprint density at radius 1 is 1.03 bits per heavy atom. The van der Waals surface area contributed by atoms with Gasteiger partial charge in [-0.2, -0.15) is 0 Å². The number of carbonyl (C=O) groups is 1. The van der Waals surface area contributed by atoms with E-state index >= 15 is 0 Å². The number of hydrogen-bond donors (Lipinski definition) is 1. The quantitative estimate of drug-likeness (QED) is 0.649. The number of ether oxygens (including phenoxy) is 3. The van der Waals surface area contributed by atoms with E-state index in [0.717, 1.165) is 48.7 Å². The molecule has 0 fully saturated rings. The molecule has 0 aliphatic carbocycles. The topological polar surface area (TPSA) is 60.0 Å². The fourth-order valence-electron chi connectivity index (χ4n) is 3.80. The molecule has 1 amide bonds. The highest BCUT2D eigenvalue weighted by molar-refractivity contribution is 5.78. The average Bonchev–Trinajstić information content (AvgIpc) is 2.75. The Morgan fingerprint density at radius 2 is 1.73 bits per heavy atom. The van der Waals surface area contributed by atoms with Crippen molar-refractivity contribution in [3.63, 3.8) is 0 Å². The third-order valence-corrected chi connectivity index (χ3v) is 5.23. The second kappa shape index (κ2) is 10.9. The van der Waals surface area contributed by atoms with Crippen molar-refractivity contribution in [1.29, 1.82) is 0 Å². The third-order valence-electron chi connectivity index (χ3n) is 5.23. The molecule has 0 aromatic heterocycles. The van der Waals surface area contributed by atoms with Crippen molar-refractivity contribution in [2.45, 2.75) is 33.2 Å². The van der Waals surface area contributed by atoms with E-state index in [0.29, 0.717) is 26.3 Å². The molecule has 1 N–H and O–H groups in total. The van der Waals surface area contributed by atoms with Crippen molar-refractivity contribution in [3.8, 4) is 17.2 Å². The first-order valence-electron chi connectivity index (χ1n) is 10.7. The van der Waals surface area contributed by atoms with Crippen LogP contribution in [0.2, 0.25) is 0 Å². The minimum absolute atomic E-state index is 0.0457. The molecule has 2 aromatic rings. The molecule has 1 heterocycles. The van der Waals surface area contributed by atoms with E-state index in [1.165, 1.54) is 11.1 Å². The van der Waals surface area contributed by atoms with Crippen molar-refractivity contribution in [2.75, 3.05) is 40.0 Å². The molecular weight excluding hydrogens is 380 g/mol. The zero-order valence-corrected chi connectivity index (χ0v) is 18.2. The van der Waals surface area contributed by atoms with E-state index in [9.17, 15) is 4.79 Å². The molecule has 162 valence electrons. The minimum Gasteiger partial charge on any atom is -0.496 e. The van der Waals surface area contributed by atoms with Gasteiger partial charge < -0.3 is 19.5 Å². The van der Waals surface area contributed by atoms with Crippen LogP contribution < -0.4 is 19.5 Å². The largest absolute Gasteiger partial charge is 0.496 e. The van der Waals surface area contributed by atoms with Gasteiger partial charge in [-0.15, -0.1) is 0 Å². The summed E-state index contributed by atoms with van der Waals surface area (Å²) in [5.41, 5.74) is 3.57. The van der Waals surface area contributed by atoms with Gasteiger partial charge in [0.25, 0.3) is 0 Å². The molecule has 0 bridgehead atoms. The zero-order valence-electron chi connectivity index (χ0n) is 18.2. The third kappa shape index (κ3) is 5.66. The van der Waals surface area contributed by atoms with Crippen LogP contribution in [-0.2, 0) is 24.2 Å². The van der Waals surface area contributed by atoms with Gasteiger partial charge in [-0.3, -0.25) is 9.69 Å². The molecule has 1 aliphatic rings. The predicted octanol–water partition coefficient (Wildman–Crippen LogP) is 3.21. The number of methoxy groups -OCH3 is 1. The summed E-state index contributed by atoms with van der Waals surface area (Å²) in [7, 11) is 1.67. The Morgan fingerprint density at radius 3 is 2.43 bits per heavy atom. The minimum atomic E-state index is 0.0457. The van der Waals surface area contributed by atoms with Crippen LogP contribution in [0.15, 0.2) is 36.4 Å². The lowest BCUT2D eigenvalue weighted by atomic mass is 9.98. The summed E-state index contributed by atoms with van der Waals surface area (Å²) >= 11 is 0. The van der Waals surface area contributed by atoms with Crippen molar-refractivity contribution < 1.29 is 19.0 Å². The molecular formula is C24H32N2O4. The van der Waals surface area contributed by atoms with Crippen LogP contribution in [0, 0.1) is 0 Å². The Labute approximate surface area is 179 Å². The van der Waals surface area contributed by atoms with E-state index in [4.69, 9.17) is 14.2 Å². The Hall–Kier alpha value is -2.73. The average molecular weight is 413 g/mol. The number of hydrogen-bond acceptors (Lipinski definition) is 5. The molecule has 0 unspecified atom stereocenters. The second-order valence-electron chi connectivity index (χ2n) is 7.31. The molecule has 6 heteroatoms. The predicted molar refractivity (Wildman–Crippen MR) is 117 cm³/mol. The Bertz CT molecular complexity index is 853. The number of nitrogens with one attached hydrogen (secondary N) is 1. The Balaban J connectivity index is 1.53. The van der Waals surface area contributed by atoms with Crippen LogP contribution in [0.5, 0.6) is 17.2 Å². The standard InChI is InChI=1S/C24H32N2O4/c1-4-29-22-14-19-11-13-26(16-20(19)15-23(22)30-5-2)17-24(27)25-12-10-18-8-6-7-9-21(18)28-3/h6-9,14-15H,4-5,10-13,16-17H2,1-3H3,(H,25,27). The van der Waals surface area contributed by atoms with Crippen molar-refractivity contribution in [1.82, 2.24) is 10.2 Å². The number of fused-ring (bicyclic) bond motifs is 1. The highest BCUT2D eigenvalue weighted by Crippen LogP contribution is 2.33. The first kappa shape index (κ1) is 22.0. The molecule has 1 aliphatic heterocycles. The van der Waals surface area contributed by atoms with E-state index in [2.05, 4.69) is 22.3 Å². The van der Waals surface area contributed by atoms with Gasteiger partial charge in [-0.25, -0.2) is 0 Å². The summed E-state index contributed by atoms with van der Waals surface area (Å²) in [5, 5.41) is 3.03. The number of carbonyl (C=O) groups excluding carboxylic acids is 1. The Kier molecular flexibility index (Phi) is 7.97. The van der Waals surface area contributed by atoms with Crippen LogP contribution in [0.25, 0.3) is 0 Å². The van der Waals surface area contributed by atoms with Crippen LogP contribution >= 0.6 is 0 Å². The summed E-state index contributed by atoms with van der Waals surface area (Å²) in [5.74, 6) is 2.49. The smallest absolute Gasteiger partial charge is 0.234 e. The summed E-state index contributed by atoms with van der Waals surface area (Å²) in [6.07, 6.45) is 1.65. The van der Waals surface area contributed by atoms with Gasteiger partial charge in [0.05, 0.1) is 26.9 Å². The highest BCUT2D eigenvalue weighted by atomic mass is 16.5. The molecule has 3 rings (SSSR count). The maximum Gasteiger partial charge on any atom is 0.234 e. The van der Waals surface area contributed by atoms with Gasteiger partial charge in [0.1, 0.15) is 5.75 Å². The summed E-state index contributed by atoms with van der Waals surface area (Å²) < 4.78 is 16.9. The van der Waals surface area contributed by atoms with Gasteiger partial charge >= 0.3 is 0 Å². The van der Waals surface area contributed by atoms with Gasteiger partial charge in [-0.1, -0.05) is 18.2 Å². The maximum absolute atomic E-state index is 12.4. The van der Waals surface area contributed by atoms with Gasteiger partial charge in [0.2, 0.25) is 5.91 Å². The van der Waals surface area contributed by atoms with Crippen LogP contribution in [0.4, 0.5) is 0 Å². The first-order chi connectivity index (χ1) is 14.6. The van der Waals surface area contributed by atoms with Crippen molar-refractivity contribution in [2.24, 2.45) is 0 Å². The van der Waals surface area contributed by atoms with Crippen LogP contribution in [0.3, 0.4) is 0 Å². The SMILES string of the molecule is CCOc1cc2c(cc1OCC)CN(CC(=O)NCCc1ccccc1OC)CC2. The lowest BCUT2D eigenvalue weighted by Crippen LogP contribution is -2.40. The van der Waals surface area contributed by atoms with Gasteiger partial charge in [0, 0.05) is 19.6 Å². The molecule has 30 heavy (non-hydrogen) atoms. The molecule has 0 saturated heterocycles. The first-order valence-corrected chi connectivity index (χ1v) is 10.7. The van der Waals surface area contributed by atoms with Crippen LogP contribution in [0.1, 0.15) is 30.5 Å². The van der Waals surface area contributed by atoms with Crippen molar-refractivity contribution >= 4 is 5.91 Å². The highest BCUT2D eigenvalue weighted by Gasteiger charge is 2.21. The number of benzene rings is 2. The van der Waals surface area contributed by atoms with Crippen molar-refractivity contribution in [3.05, 3.63) is 53.1 Å². The van der Waals surface area contributed by atoms with E-state index in [-0.39, 0.29) is 5.91 Å². The normalized spacial score (nSPS) is 13.4. The lowest BCUT2D eigenvalue weighted by Gasteiger charge is -2.29. The number of para-hydroxylation sites is 1. The van der Waals surface area contributed by atoms with Crippen LogP contribution in [-0.4, -0.2) is 50.8 Å². The lowest BCUT2D eigenvalue weighted by molar-refractivity contribution is -0.122. The summed E-state index contributed by atoms with van der Waals surface area (Å²) in [4.78, 5) is 14.6. The molecule has 0 spiro atoms. The monoisotopic (exact) mass is 412 g/mol. The van der Waals surface area contributed by atoms with E-state index in [1.54, 1.807) is 7.11 Å². The number of amides is 1. The fraction of sp³-hybridized carbons (Fsp3) is 0.458. The molecule has 0 atom stereocenters.